The van der Waals surface area contributed by atoms with Gasteiger partial charge in [-0.3, -0.25) is 0 Å². The molecule has 0 radical (unpaired) electrons. The number of ether oxygens (including phenoxy) is 2. The Hall–Kier alpha value is -2.37. The summed E-state index contributed by atoms with van der Waals surface area (Å²) in [5.74, 6) is 0. The third-order valence-corrected chi connectivity index (χ3v) is 4.70. The van der Waals surface area contributed by atoms with Gasteiger partial charge in [0.2, 0.25) is 0 Å². The van der Waals surface area contributed by atoms with E-state index in [0.717, 1.165) is 17.7 Å². The lowest BCUT2D eigenvalue weighted by Gasteiger charge is -2.33. The monoisotopic (exact) mass is 338 g/mol. The van der Waals surface area contributed by atoms with Crippen LogP contribution in [0.2, 0.25) is 0 Å². The Labute approximate surface area is 147 Å². The average molecular weight is 338 g/mol. The Kier molecular flexibility index (Phi) is 4.68. The first-order valence-corrected chi connectivity index (χ1v) is 8.69. The van der Waals surface area contributed by atoms with E-state index in [1.807, 2.05) is 41.3 Å². The molecule has 0 aliphatic carbocycles. The first-order valence-electron chi connectivity index (χ1n) is 8.69. The van der Waals surface area contributed by atoms with Crippen LogP contribution in [0.15, 0.2) is 48.5 Å². The molecule has 0 spiro atoms. The van der Waals surface area contributed by atoms with Crippen LogP contribution in [0.3, 0.4) is 0 Å². The molecule has 5 nitrogen and oxygen atoms in total. The van der Waals surface area contributed by atoms with Crippen molar-refractivity contribution in [3.63, 3.8) is 0 Å². The summed E-state index contributed by atoms with van der Waals surface area (Å²) in [6.07, 6.45) is 0.858. The zero-order chi connectivity index (χ0) is 17.1. The van der Waals surface area contributed by atoms with Crippen LogP contribution in [-0.2, 0) is 29.1 Å². The molecule has 0 saturated carbocycles. The van der Waals surface area contributed by atoms with Crippen LogP contribution in [0.4, 0.5) is 10.5 Å². The number of urea groups is 1. The minimum atomic E-state index is -0.0692. The Bertz CT molecular complexity index is 748. The number of benzene rings is 2. The van der Waals surface area contributed by atoms with E-state index in [1.165, 1.54) is 11.1 Å². The second kappa shape index (κ2) is 7.25. The minimum Gasteiger partial charge on any atom is -0.374 e. The Balaban J connectivity index is 1.36. The Morgan fingerprint density at radius 3 is 2.84 bits per heavy atom. The molecule has 0 aromatic heterocycles. The van der Waals surface area contributed by atoms with Gasteiger partial charge in [-0.25, -0.2) is 4.79 Å². The number of carbonyl (C=O) groups excluding carboxylic acids is 1. The van der Waals surface area contributed by atoms with Crippen molar-refractivity contribution in [1.29, 1.82) is 0 Å². The molecular formula is C20H22N2O3. The summed E-state index contributed by atoms with van der Waals surface area (Å²) in [6, 6.07) is 16.1. The molecule has 4 rings (SSSR count). The minimum absolute atomic E-state index is 0.0373. The highest BCUT2D eigenvalue weighted by Crippen LogP contribution is 2.23. The van der Waals surface area contributed by atoms with Crippen molar-refractivity contribution in [3.8, 4) is 0 Å². The van der Waals surface area contributed by atoms with Crippen molar-refractivity contribution in [2.45, 2.75) is 25.7 Å². The van der Waals surface area contributed by atoms with Gasteiger partial charge >= 0.3 is 6.03 Å². The molecule has 2 aliphatic rings. The first-order chi connectivity index (χ1) is 12.3. The summed E-state index contributed by atoms with van der Waals surface area (Å²) in [7, 11) is 0. The summed E-state index contributed by atoms with van der Waals surface area (Å²) < 4.78 is 11.3. The van der Waals surface area contributed by atoms with Crippen LogP contribution in [0.5, 0.6) is 0 Å². The fraction of sp³-hybridized carbons (Fsp3) is 0.350. The maximum absolute atomic E-state index is 12.6. The van der Waals surface area contributed by atoms with Gasteiger partial charge in [-0.1, -0.05) is 36.4 Å². The highest BCUT2D eigenvalue weighted by atomic mass is 16.5. The van der Waals surface area contributed by atoms with Gasteiger partial charge < -0.3 is 19.7 Å². The molecule has 2 heterocycles. The number of hydrogen-bond acceptors (Lipinski definition) is 3. The maximum atomic E-state index is 12.6. The van der Waals surface area contributed by atoms with Crippen LogP contribution in [0.25, 0.3) is 0 Å². The third kappa shape index (κ3) is 3.83. The standard InChI is InChI=1S/C20H22N2O3/c23-20(21-18-7-6-16-13-24-14-17(16)11-18)22-8-9-25-19(12-22)10-15-4-2-1-3-5-15/h1-7,11,19H,8-10,12-14H2,(H,21,23). The molecule has 1 saturated heterocycles. The van der Waals surface area contributed by atoms with Crippen LogP contribution in [0.1, 0.15) is 16.7 Å². The van der Waals surface area contributed by atoms with Gasteiger partial charge in [0.05, 0.1) is 25.9 Å². The van der Waals surface area contributed by atoms with Crippen LogP contribution in [-0.4, -0.2) is 36.7 Å². The van der Waals surface area contributed by atoms with Crippen LogP contribution in [0, 0.1) is 0 Å². The van der Waals surface area contributed by atoms with E-state index in [-0.39, 0.29) is 12.1 Å². The first kappa shape index (κ1) is 16.1. The number of anilines is 1. The number of hydrogen-bond donors (Lipinski definition) is 1. The number of morpholine rings is 1. The number of fused-ring (bicyclic) bond motifs is 1. The van der Waals surface area contributed by atoms with E-state index in [0.29, 0.717) is 32.9 Å². The lowest BCUT2D eigenvalue weighted by atomic mass is 10.1. The molecule has 130 valence electrons. The normalized spacial score (nSPS) is 19.5. The zero-order valence-electron chi connectivity index (χ0n) is 14.1. The Morgan fingerprint density at radius 2 is 1.96 bits per heavy atom. The number of nitrogens with zero attached hydrogens (tertiary/aromatic N) is 1. The molecule has 2 aromatic rings. The Morgan fingerprint density at radius 1 is 1.12 bits per heavy atom. The van der Waals surface area contributed by atoms with Crippen molar-refractivity contribution >= 4 is 11.7 Å². The lowest BCUT2D eigenvalue weighted by Crippen LogP contribution is -2.48. The fourth-order valence-electron chi connectivity index (χ4n) is 3.36. The van der Waals surface area contributed by atoms with E-state index in [4.69, 9.17) is 9.47 Å². The van der Waals surface area contributed by atoms with Gasteiger partial charge in [0.15, 0.2) is 0 Å². The molecule has 2 aliphatic heterocycles. The van der Waals surface area contributed by atoms with Crippen molar-refractivity contribution in [3.05, 3.63) is 65.2 Å². The predicted octanol–water partition coefficient (Wildman–Crippen LogP) is 3.19. The second-order valence-electron chi connectivity index (χ2n) is 6.53. The van der Waals surface area contributed by atoms with E-state index < -0.39 is 0 Å². The van der Waals surface area contributed by atoms with Crippen LogP contribution < -0.4 is 5.32 Å². The highest BCUT2D eigenvalue weighted by Gasteiger charge is 2.24. The lowest BCUT2D eigenvalue weighted by molar-refractivity contribution is -0.0113. The summed E-state index contributed by atoms with van der Waals surface area (Å²) in [4.78, 5) is 14.4. The largest absolute Gasteiger partial charge is 0.374 e. The van der Waals surface area contributed by atoms with Gasteiger partial charge in [0.1, 0.15) is 0 Å². The van der Waals surface area contributed by atoms with E-state index >= 15 is 0 Å². The van der Waals surface area contributed by atoms with Crippen molar-refractivity contribution in [1.82, 2.24) is 4.90 Å². The van der Waals surface area contributed by atoms with Gasteiger partial charge in [-0.05, 0) is 28.8 Å². The van der Waals surface area contributed by atoms with Crippen LogP contribution >= 0.6 is 0 Å². The fourth-order valence-corrected chi connectivity index (χ4v) is 3.36. The van der Waals surface area contributed by atoms with Gasteiger partial charge in [0.25, 0.3) is 0 Å². The SMILES string of the molecule is O=C(Nc1ccc2c(c1)COC2)N1CCOC(Cc2ccccc2)C1. The summed E-state index contributed by atoms with van der Waals surface area (Å²) in [6.45, 7) is 3.08. The predicted molar refractivity (Wildman–Crippen MR) is 95.4 cm³/mol. The van der Waals surface area contributed by atoms with Crippen molar-refractivity contribution in [2.24, 2.45) is 0 Å². The maximum Gasteiger partial charge on any atom is 0.322 e. The summed E-state index contributed by atoms with van der Waals surface area (Å²) >= 11 is 0. The molecule has 1 atom stereocenters. The molecule has 1 fully saturated rings. The molecular weight excluding hydrogens is 316 g/mol. The summed E-state index contributed by atoms with van der Waals surface area (Å²) in [5.41, 5.74) is 4.41. The van der Waals surface area contributed by atoms with Gasteiger partial charge in [-0.2, -0.15) is 0 Å². The molecule has 2 aromatic carbocycles. The number of amides is 2. The molecule has 2 amide bonds. The van der Waals surface area contributed by atoms with Gasteiger partial charge in [0, 0.05) is 25.2 Å². The smallest absolute Gasteiger partial charge is 0.322 e. The van der Waals surface area contributed by atoms with Gasteiger partial charge in [-0.15, -0.1) is 0 Å². The molecule has 25 heavy (non-hydrogen) atoms. The quantitative estimate of drug-likeness (QED) is 0.935. The summed E-state index contributed by atoms with van der Waals surface area (Å²) in [5, 5.41) is 3.00. The van der Waals surface area contributed by atoms with Crippen molar-refractivity contribution < 1.29 is 14.3 Å². The topological polar surface area (TPSA) is 50.8 Å². The second-order valence-corrected chi connectivity index (χ2v) is 6.53. The van der Waals surface area contributed by atoms with E-state index in [9.17, 15) is 4.79 Å². The highest BCUT2D eigenvalue weighted by molar-refractivity contribution is 5.89. The molecule has 5 heteroatoms. The number of carbonyl (C=O) groups is 1. The number of rotatable bonds is 3. The van der Waals surface area contributed by atoms with E-state index in [2.05, 4.69) is 17.4 Å². The number of nitrogens with one attached hydrogen (secondary N) is 1. The van der Waals surface area contributed by atoms with E-state index in [1.54, 1.807) is 0 Å². The molecule has 0 bridgehead atoms. The molecule has 1 unspecified atom stereocenters. The average Bonchev–Trinajstić information content (AvgIpc) is 3.10. The zero-order valence-corrected chi connectivity index (χ0v) is 14.1. The molecule has 1 N–H and O–H groups in total. The van der Waals surface area contributed by atoms with Crippen molar-refractivity contribution in [2.75, 3.05) is 25.0 Å². The third-order valence-electron chi connectivity index (χ3n) is 4.70.